The molecule has 0 aromatic heterocycles. The van der Waals surface area contributed by atoms with Crippen molar-refractivity contribution in [3.8, 4) is 0 Å². The van der Waals surface area contributed by atoms with Crippen molar-refractivity contribution in [2.24, 2.45) is 9.98 Å². The Hall–Kier alpha value is -2.44. The van der Waals surface area contributed by atoms with Crippen molar-refractivity contribution >= 4 is 39.5 Å². The maximum absolute atomic E-state index is 4.89. The molecule has 0 saturated carbocycles. The number of aliphatic imine (C=N–C) groups is 2. The van der Waals surface area contributed by atoms with Crippen LogP contribution in [0.25, 0.3) is 0 Å². The molecule has 0 bridgehead atoms. The highest BCUT2D eigenvalue weighted by Gasteiger charge is 2.37. The number of anilines is 1. The van der Waals surface area contributed by atoms with Gasteiger partial charge in [-0.2, -0.15) is 0 Å². The van der Waals surface area contributed by atoms with Crippen molar-refractivity contribution in [1.82, 2.24) is 5.32 Å². The molecule has 164 valence electrons. The van der Waals surface area contributed by atoms with Crippen LogP contribution in [0.2, 0.25) is 0 Å². The molecule has 0 radical (unpaired) electrons. The van der Waals surface area contributed by atoms with Crippen LogP contribution in [-0.4, -0.2) is 34.2 Å². The zero-order chi connectivity index (χ0) is 21.8. The Balaban J connectivity index is 1.15. The highest BCUT2D eigenvalue weighted by Crippen LogP contribution is 2.40. The van der Waals surface area contributed by atoms with Gasteiger partial charge in [-0.25, -0.2) is 0 Å². The fraction of sp³-hybridized carbons (Fsp3) is 0.308. The lowest BCUT2D eigenvalue weighted by atomic mass is 9.94. The van der Waals surface area contributed by atoms with Gasteiger partial charge in [0.2, 0.25) is 0 Å². The van der Waals surface area contributed by atoms with E-state index >= 15 is 0 Å². The van der Waals surface area contributed by atoms with Crippen LogP contribution in [0.4, 0.5) is 5.69 Å². The average molecular weight is 461 g/mol. The van der Waals surface area contributed by atoms with Gasteiger partial charge in [-0.15, -0.1) is 0 Å². The van der Waals surface area contributed by atoms with Crippen LogP contribution < -0.4 is 10.6 Å². The summed E-state index contributed by atoms with van der Waals surface area (Å²) in [5, 5.41) is 9.17. The van der Waals surface area contributed by atoms with E-state index in [1.807, 2.05) is 11.8 Å². The summed E-state index contributed by atoms with van der Waals surface area (Å²) in [6, 6.07) is 19.6. The Morgan fingerprint density at radius 3 is 2.91 bits per heavy atom. The summed E-state index contributed by atoms with van der Waals surface area (Å²) in [6.45, 7) is 3.03. The Labute approximate surface area is 198 Å². The molecule has 4 nitrogen and oxygen atoms in total. The lowest BCUT2D eigenvalue weighted by Gasteiger charge is -2.25. The van der Waals surface area contributed by atoms with Gasteiger partial charge >= 0.3 is 0 Å². The smallest absolute Gasteiger partial charge is 0.161 e. The van der Waals surface area contributed by atoms with Crippen LogP contribution in [0.5, 0.6) is 0 Å². The predicted molar refractivity (Wildman–Crippen MR) is 141 cm³/mol. The minimum absolute atomic E-state index is 0.0279. The second kappa shape index (κ2) is 9.59. The third-order valence-corrected chi connectivity index (χ3v) is 8.17. The maximum Gasteiger partial charge on any atom is 0.161 e. The van der Waals surface area contributed by atoms with E-state index in [1.54, 1.807) is 11.8 Å². The summed E-state index contributed by atoms with van der Waals surface area (Å²) < 4.78 is 0. The predicted octanol–water partition coefficient (Wildman–Crippen LogP) is 5.65. The zero-order valence-electron chi connectivity index (χ0n) is 18.3. The SMILES string of the molecule is CC12CC=CC=C1SC(=NCCc1cccc(NC3=N[C@@H](Cc4ccccc4)CS3)c1)N2. The molecule has 3 aliphatic rings. The van der Waals surface area contributed by atoms with Crippen LogP contribution in [0, 0.1) is 0 Å². The van der Waals surface area contributed by atoms with E-state index in [0.29, 0.717) is 6.04 Å². The van der Waals surface area contributed by atoms with Crippen LogP contribution >= 0.6 is 23.5 Å². The molecule has 1 aliphatic carbocycles. The highest BCUT2D eigenvalue weighted by molar-refractivity contribution is 8.17. The summed E-state index contributed by atoms with van der Waals surface area (Å²) in [5.41, 5.74) is 3.77. The van der Waals surface area contributed by atoms with E-state index in [1.165, 1.54) is 16.0 Å². The summed E-state index contributed by atoms with van der Waals surface area (Å²) in [4.78, 5) is 11.1. The summed E-state index contributed by atoms with van der Waals surface area (Å²) >= 11 is 3.58. The van der Waals surface area contributed by atoms with Gasteiger partial charge < -0.3 is 10.6 Å². The Kier molecular flexibility index (Phi) is 6.42. The first-order valence-electron chi connectivity index (χ1n) is 11.1. The minimum atomic E-state index is 0.0279. The number of nitrogens with one attached hydrogen (secondary N) is 2. The van der Waals surface area contributed by atoms with Gasteiger partial charge in [-0.05, 0) is 49.4 Å². The number of thioether (sulfide) groups is 2. The molecule has 2 aliphatic heterocycles. The summed E-state index contributed by atoms with van der Waals surface area (Å²) in [6.07, 6.45) is 9.50. The monoisotopic (exact) mass is 460 g/mol. The summed E-state index contributed by atoms with van der Waals surface area (Å²) in [5.74, 6) is 1.03. The molecular weight excluding hydrogens is 432 g/mol. The molecule has 0 spiro atoms. The summed E-state index contributed by atoms with van der Waals surface area (Å²) in [7, 11) is 0. The molecule has 2 aromatic rings. The Morgan fingerprint density at radius 1 is 1.16 bits per heavy atom. The van der Waals surface area contributed by atoms with E-state index < -0.39 is 0 Å². The average Bonchev–Trinajstić information content (AvgIpc) is 3.37. The van der Waals surface area contributed by atoms with E-state index in [-0.39, 0.29) is 5.54 Å². The van der Waals surface area contributed by atoms with Gasteiger partial charge in [0, 0.05) is 22.9 Å². The third kappa shape index (κ3) is 5.13. The lowest BCUT2D eigenvalue weighted by Crippen LogP contribution is -2.39. The van der Waals surface area contributed by atoms with Gasteiger partial charge in [0.05, 0.1) is 11.6 Å². The topological polar surface area (TPSA) is 48.8 Å². The first kappa shape index (κ1) is 21.4. The number of benzene rings is 2. The molecule has 5 rings (SSSR count). The standard InChI is InChI=1S/C26H28N4S2/c1-26-14-6-5-12-23(26)32-24(30-26)27-15-13-20-10-7-11-21(16-20)28-25-29-22(18-31-25)17-19-8-3-2-4-9-19/h2-12,16,22H,13-15,17-18H2,1H3,(H,27,30)(H,28,29)/t22-,26?/m0/s1. The van der Waals surface area contributed by atoms with Crippen LogP contribution in [0.1, 0.15) is 24.5 Å². The highest BCUT2D eigenvalue weighted by atomic mass is 32.2. The molecule has 2 heterocycles. The van der Waals surface area contributed by atoms with Gasteiger partial charge in [-0.1, -0.05) is 84.2 Å². The van der Waals surface area contributed by atoms with Crippen LogP contribution in [-0.2, 0) is 12.8 Å². The second-order valence-electron chi connectivity index (χ2n) is 8.57. The number of fused-ring (bicyclic) bond motifs is 1. The molecule has 32 heavy (non-hydrogen) atoms. The van der Waals surface area contributed by atoms with E-state index in [4.69, 9.17) is 9.98 Å². The lowest BCUT2D eigenvalue weighted by molar-refractivity contribution is 0.526. The zero-order valence-corrected chi connectivity index (χ0v) is 19.9. The van der Waals surface area contributed by atoms with E-state index in [0.717, 1.165) is 47.6 Å². The third-order valence-electron chi connectivity index (χ3n) is 5.90. The number of rotatable bonds is 6. The van der Waals surface area contributed by atoms with Crippen LogP contribution in [0.3, 0.4) is 0 Å². The number of amidine groups is 2. The van der Waals surface area contributed by atoms with Gasteiger partial charge in [-0.3, -0.25) is 9.98 Å². The second-order valence-corrected chi connectivity index (χ2v) is 10.6. The van der Waals surface area contributed by atoms with Gasteiger partial charge in [0.1, 0.15) is 0 Å². The fourth-order valence-electron chi connectivity index (χ4n) is 4.13. The van der Waals surface area contributed by atoms with Crippen molar-refractivity contribution in [3.05, 3.63) is 88.9 Å². The Bertz CT molecular complexity index is 1090. The first-order chi connectivity index (χ1) is 15.7. The maximum atomic E-state index is 4.89. The minimum Gasteiger partial charge on any atom is -0.355 e. The molecule has 2 N–H and O–H groups in total. The molecular formula is C26H28N4S2. The fourth-order valence-corrected chi connectivity index (χ4v) is 6.23. The molecule has 0 amide bonds. The van der Waals surface area contributed by atoms with E-state index in [9.17, 15) is 0 Å². The van der Waals surface area contributed by atoms with Crippen molar-refractivity contribution in [2.75, 3.05) is 17.6 Å². The molecule has 1 unspecified atom stereocenters. The van der Waals surface area contributed by atoms with Crippen molar-refractivity contribution in [3.63, 3.8) is 0 Å². The normalized spacial score (nSPS) is 25.3. The first-order valence-corrected chi connectivity index (χ1v) is 12.9. The molecule has 1 fully saturated rings. The van der Waals surface area contributed by atoms with Gasteiger partial charge in [0.25, 0.3) is 0 Å². The number of hydrogen-bond donors (Lipinski definition) is 2. The number of hydrogen-bond acceptors (Lipinski definition) is 5. The molecule has 2 atom stereocenters. The van der Waals surface area contributed by atoms with E-state index in [2.05, 4.69) is 90.4 Å². The molecule has 1 saturated heterocycles. The van der Waals surface area contributed by atoms with Crippen molar-refractivity contribution in [2.45, 2.75) is 37.8 Å². The van der Waals surface area contributed by atoms with Gasteiger partial charge in [0.15, 0.2) is 10.3 Å². The quantitative estimate of drug-likeness (QED) is 0.585. The molecule has 2 aromatic carbocycles. The number of nitrogens with zero attached hydrogens (tertiary/aromatic N) is 2. The van der Waals surface area contributed by atoms with Crippen LogP contribution in [0.15, 0.2) is 87.7 Å². The Morgan fingerprint density at radius 2 is 2.03 bits per heavy atom. The molecule has 6 heteroatoms. The number of allylic oxidation sites excluding steroid dienone is 2. The van der Waals surface area contributed by atoms with Crippen molar-refractivity contribution < 1.29 is 0 Å². The van der Waals surface area contributed by atoms with Crippen molar-refractivity contribution in [1.29, 1.82) is 0 Å². The largest absolute Gasteiger partial charge is 0.355 e.